The average molecular weight is 746 g/mol. The van der Waals surface area contributed by atoms with Crippen molar-refractivity contribution < 1.29 is 0 Å². The van der Waals surface area contributed by atoms with Gasteiger partial charge in [-0.2, -0.15) is 0 Å². The van der Waals surface area contributed by atoms with Crippen molar-refractivity contribution in [2.75, 3.05) is 74.6 Å². The Morgan fingerprint density at radius 1 is 0.852 bits per heavy atom. The highest BCUT2D eigenvalue weighted by atomic mass is 15.2. The van der Waals surface area contributed by atoms with Crippen LogP contribution in [0.5, 0.6) is 0 Å². The largest absolute Gasteiger partial charge is 0.371 e. The van der Waals surface area contributed by atoms with Gasteiger partial charge in [-0.1, -0.05) is 86.1 Å². The predicted octanol–water partition coefficient (Wildman–Crippen LogP) is 11.3. The molecule has 1 aromatic carbocycles. The second kappa shape index (κ2) is 30.9. The number of hydrogen-bond donors (Lipinski definition) is 1. The van der Waals surface area contributed by atoms with E-state index in [0.717, 1.165) is 62.0 Å². The third-order valence-corrected chi connectivity index (χ3v) is 8.98. The van der Waals surface area contributed by atoms with Crippen LogP contribution in [-0.4, -0.2) is 74.8 Å². The normalized spacial score (nSPS) is 13.3. The third kappa shape index (κ3) is 19.8. The van der Waals surface area contributed by atoms with Gasteiger partial charge in [0.1, 0.15) is 0 Å². The lowest BCUT2D eigenvalue weighted by Crippen LogP contribution is -2.39. The highest BCUT2D eigenvalue weighted by Gasteiger charge is 2.20. The molecule has 54 heavy (non-hydrogen) atoms. The monoisotopic (exact) mass is 746 g/mol. The molecule has 1 aliphatic rings. The molecule has 3 aromatic rings. The van der Waals surface area contributed by atoms with Crippen LogP contribution in [0.15, 0.2) is 67.4 Å². The second-order valence-electron chi connectivity index (χ2n) is 14.3. The Morgan fingerprint density at radius 2 is 1.46 bits per heavy atom. The topological polar surface area (TPSA) is 64.8 Å². The molecule has 0 spiro atoms. The molecule has 0 aliphatic carbocycles. The maximum atomic E-state index is 5.87. The fourth-order valence-corrected chi connectivity index (χ4v) is 6.42. The summed E-state index contributed by atoms with van der Waals surface area (Å²) in [6, 6.07) is 17.5. The van der Waals surface area contributed by atoms with Crippen LogP contribution in [0.2, 0.25) is 0 Å². The molecule has 1 fully saturated rings. The predicted molar refractivity (Wildman–Crippen MR) is 243 cm³/mol. The standard InChI is InChI=1S/C16H27N3.C15H24N2.C12H20N2.2C2H6/c1-5-7-11-19(10-6-2)16-9-8-14(13(3)4)18-15(16)12-17;1-13-6-8-15(9-7-13)17-10-4-5-14(12-17)11-16(2)3;1-4-8-14(9-5-2)12-7-6-11(3)13-10-12;2*1-2/h5,8-9,13H,1,6-7,10-12,17H2,2-4H3;6-9,14H,4-5,10-12H2,1-3H3;6-7,10H,4-5,8-9H2,1-3H3;2*1-2H3. The van der Waals surface area contributed by atoms with E-state index >= 15 is 0 Å². The molecule has 1 aliphatic heterocycles. The van der Waals surface area contributed by atoms with Gasteiger partial charge < -0.3 is 25.3 Å². The highest BCUT2D eigenvalue weighted by Crippen LogP contribution is 2.25. The van der Waals surface area contributed by atoms with Crippen molar-refractivity contribution in [1.82, 2.24) is 14.9 Å². The van der Waals surface area contributed by atoms with Crippen molar-refractivity contribution in [2.24, 2.45) is 11.7 Å². The van der Waals surface area contributed by atoms with Crippen LogP contribution in [-0.2, 0) is 6.54 Å². The van der Waals surface area contributed by atoms with Gasteiger partial charge in [0.2, 0.25) is 0 Å². The van der Waals surface area contributed by atoms with Crippen molar-refractivity contribution in [2.45, 2.75) is 127 Å². The minimum atomic E-state index is 0.437. The molecule has 1 unspecified atom stereocenters. The zero-order chi connectivity index (χ0) is 40.9. The van der Waals surface area contributed by atoms with Crippen LogP contribution in [0.3, 0.4) is 0 Å². The van der Waals surface area contributed by atoms with Crippen LogP contribution in [0.1, 0.15) is 129 Å². The molecular formula is C47H83N7. The summed E-state index contributed by atoms with van der Waals surface area (Å²) < 4.78 is 0. The van der Waals surface area contributed by atoms with Crippen molar-refractivity contribution in [1.29, 1.82) is 0 Å². The van der Waals surface area contributed by atoms with Gasteiger partial charge in [-0.15, -0.1) is 6.58 Å². The van der Waals surface area contributed by atoms with E-state index in [-0.39, 0.29) is 0 Å². The lowest BCUT2D eigenvalue weighted by atomic mass is 9.97. The summed E-state index contributed by atoms with van der Waals surface area (Å²) in [4.78, 5) is 18.6. The molecule has 2 aromatic heterocycles. The molecule has 306 valence electrons. The first-order valence-electron chi connectivity index (χ1n) is 21.3. The molecule has 0 saturated carbocycles. The SMILES string of the molecule is C=CCCN(CCC)c1ccc(C(C)C)nc1CN.CC.CC.CCCN(CCC)c1ccc(C)nc1.Cc1ccc(N2CCCC(CN(C)C)C2)cc1. The molecule has 1 saturated heterocycles. The lowest BCUT2D eigenvalue weighted by molar-refractivity contribution is 0.292. The summed E-state index contributed by atoms with van der Waals surface area (Å²) >= 11 is 0. The van der Waals surface area contributed by atoms with Gasteiger partial charge in [-0.05, 0) is 115 Å². The first kappa shape index (κ1) is 50.6. The van der Waals surface area contributed by atoms with Crippen molar-refractivity contribution >= 4 is 17.1 Å². The number of nitrogens with two attached hydrogens (primary N) is 1. The number of aryl methyl sites for hydroxylation is 2. The van der Waals surface area contributed by atoms with Crippen LogP contribution >= 0.6 is 0 Å². The zero-order valence-electron chi connectivity index (χ0n) is 37.3. The van der Waals surface area contributed by atoms with Crippen molar-refractivity contribution in [3.63, 3.8) is 0 Å². The Bertz CT molecular complexity index is 1310. The van der Waals surface area contributed by atoms with Gasteiger partial charge in [-0.25, -0.2) is 0 Å². The van der Waals surface area contributed by atoms with Gasteiger partial charge in [0.25, 0.3) is 0 Å². The molecule has 0 amide bonds. The third-order valence-electron chi connectivity index (χ3n) is 8.98. The molecule has 7 nitrogen and oxygen atoms in total. The molecular weight excluding hydrogens is 663 g/mol. The highest BCUT2D eigenvalue weighted by molar-refractivity contribution is 5.52. The summed E-state index contributed by atoms with van der Waals surface area (Å²) in [5, 5.41) is 0. The van der Waals surface area contributed by atoms with Crippen molar-refractivity contribution in [3.05, 3.63) is 90.0 Å². The van der Waals surface area contributed by atoms with Gasteiger partial charge in [-0.3, -0.25) is 9.97 Å². The van der Waals surface area contributed by atoms with Gasteiger partial charge in [0, 0.05) is 69.4 Å². The fraction of sp³-hybridized carbons (Fsp3) is 0.617. The van der Waals surface area contributed by atoms with E-state index in [1.165, 1.54) is 67.9 Å². The quantitative estimate of drug-likeness (QED) is 0.146. The number of hydrogen-bond acceptors (Lipinski definition) is 7. The maximum Gasteiger partial charge on any atom is 0.0775 e. The molecule has 4 rings (SSSR count). The Kier molecular flexibility index (Phi) is 28.9. The average Bonchev–Trinajstić information content (AvgIpc) is 3.18. The lowest BCUT2D eigenvalue weighted by Gasteiger charge is -2.35. The van der Waals surface area contributed by atoms with E-state index < -0.39 is 0 Å². The smallest absolute Gasteiger partial charge is 0.0775 e. The van der Waals surface area contributed by atoms with E-state index in [2.05, 4.69) is 135 Å². The first-order chi connectivity index (χ1) is 26.1. The summed E-state index contributed by atoms with van der Waals surface area (Å²) in [6.07, 6.45) is 11.1. The molecule has 0 bridgehead atoms. The zero-order valence-corrected chi connectivity index (χ0v) is 37.3. The number of rotatable bonds is 16. The van der Waals surface area contributed by atoms with Gasteiger partial charge in [0.15, 0.2) is 0 Å². The molecule has 2 N–H and O–H groups in total. The molecule has 1 atom stereocenters. The Hall–Kier alpha value is -3.42. The van der Waals surface area contributed by atoms with Crippen LogP contribution in [0.25, 0.3) is 0 Å². The summed E-state index contributed by atoms with van der Waals surface area (Å²) in [5.74, 6) is 1.26. The fourth-order valence-electron chi connectivity index (χ4n) is 6.42. The number of piperidine rings is 1. The minimum absolute atomic E-state index is 0.437. The Morgan fingerprint density at radius 3 is 1.96 bits per heavy atom. The van der Waals surface area contributed by atoms with Crippen LogP contribution in [0.4, 0.5) is 17.1 Å². The first-order valence-corrected chi connectivity index (χ1v) is 21.3. The number of aromatic nitrogens is 2. The van der Waals surface area contributed by atoms with E-state index in [9.17, 15) is 0 Å². The van der Waals surface area contributed by atoms with Crippen LogP contribution in [0, 0.1) is 19.8 Å². The summed E-state index contributed by atoms with van der Waals surface area (Å²) in [7, 11) is 4.34. The Balaban J connectivity index is 0.000000751. The van der Waals surface area contributed by atoms with Gasteiger partial charge >= 0.3 is 0 Å². The molecule has 7 heteroatoms. The summed E-state index contributed by atoms with van der Waals surface area (Å²) in [5.41, 5.74) is 14.2. The van der Waals surface area contributed by atoms with E-state index in [1.54, 1.807) is 0 Å². The minimum Gasteiger partial charge on any atom is -0.371 e. The molecule has 0 radical (unpaired) electrons. The summed E-state index contributed by atoms with van der Waals surface area (Å²) in [6.45, 7) is 35.3. The van der Waals surface area contributed by atoms with Gasteiger partial charge in [0.05, 0.1) is 23.3 Å². The van der Waals surface area contributed by atoms with E-state index in [1.807, 2.05) is 46.9 Å². The number of anilines is 3. The van der Waals surface area contributed by atoms with E-state index in [0.29, 0.717) is 12.5 Å². The van der Waals surface area contributed by atoms with Crippen LogP contribution < -0.4 is 20.4 Å². The molecule has 3 heterocycles. The van der Waals surface area contributed by atoms with E-state index in [4.69, 9.17) is 10.7 Å². The Labute approximate surface area is 334 Å². The number of pyridine rings is 2. The second-order valence-corrected chi connectivity index (χ2v) is 14.3. The number of nitrogens with zero attached hydrogens (tertiary/aromatic N) is 6. The maximum absolute atomic E-state index is 5.87. The number of benzene rings is 1. The van der Waals surface area contributed by atoms with Crippen molar-refractivity contribution in [3.8, 4) is 0 Å².